The first-order valence-corrected chi connectivity index (χ1v) is 10.8. The molecule has 0 bridgehead atoms. The Morgan fingerprint density at radius 2 is 1.73 bits per heavy atom. The second kappa shape index (κ2) is 9.77. The molecule has 1 aliphatic rings. The van der Waals surface area contributed by atoms with Crippen molar-refractivity contribution in [3.63, 3.8) is 0 Å². The van der Waals surface area contributed by atoms with Crippen molar-refractivity contribution < 1.29 is 19.0 Å². The molecule has 0 aliphatic carbocycles. The van der Waals surface area contributed by atoms with Crippen LogP contribution in [0.4, 0.5) is 0 Å². The minimum atomic E-state index is -0.272. The number of amides is 1. The number of ether oxygens (including phenoxy) is 3. The molecule has 0 N–H and O–H groups in total. The molecule has 172 valence electrons. The number of rotatable bonds is 7. The minimum absolute atomic E-state index is 0.0575. The van der Waals surface area contributed by atoms with Gasteiger partial charge in [-0.15, -0.1) is 0 Å². The fourth-order valence-corrected chi connectivity index (χ4v) is 3.93. The maximum absolute atomic E-state index is 12.9. The summed E-state index contributed by atoms with van der Waals surface area (Å²) in [5.41, 5.74) is 3.25. The van der Waals surface area contributed by atoms with Crippen LogP contribution in [0.3, 0.4) is 0 Å². The van der Waals surface area contributed by atoms with Crippen LogP contribution in [0.1, 0.15) is 18.1 Å². The second-order valence-corrected chi connectivity index (χ2v) is 7.74. The minimum Gasteiger partial charge on any atom is -0.494 e. The number of aromatic nitrogens is 2. The van der Waals surface area contributed by atoms with E-state index in [9.17, 15) is 9.59 Å². The Labute approximate surface area is 192 Å². The standard InChI is InChI=1S/C25H27N3O5/c1-4-33-20-7-5-17(6-8-20)21-13-24(29)28(16-26-21)15-25(30)27-10-9-18-11-22(31-2)23(32-3)12-19(18)14-27/h5-8,11-13,16H,4,9-10,14-15H2,1-3H3. The zero-order valence-corrected chi connectivity index (χ0v) is 19.0. The van der Waals surface area contributed by atoms with E-state index in [1.807, 2.05) is 43.3 Å². The summed E-state index contributed by atoms with van der Waals surface area (Å²) < 4.78 is 17.5. The first-order valence-electron chi connectivity index (χ1n) is 10.8. The van der Waals surface area contributed by atoms with Crippen molar-refractivity contribution in [3.8, 4) is 28.5 Å². The lowest BCUT2D eigenvalue weighted by Gasteiger charge is -2.29. The third-order valence-corrected chi connectivity index (χ3v) is 5.72. The summed E-state index contributed by atoms with van der Waals surface area (Å²) in [6, 6.07) is 12.7. The van der Waals surface area contributed by atoms with E-state index in [0.29, 0.717) is 43.3 Å². The molecule has 8 nitrogen and oxygen atoms in total. The van der Waals surface area contributed by atoms with Gasteiger partial charge in [0.2, 0.25) is 5.91 Å². The van der Waals surface area contributed by atoms with Gasteiger partial charge in [-0.25, -0.2) is 4.98 Å². The van der Waals surface area contributed by atoms with Gasteiger partial charge in [-0.2, -0.15) is 0 Å². The number of carbonyl (C=O) groups is 1. The first-order chi connectivity index (χ1) is 16.0. The zero-order valence-electron chi connectivity index (χ0n) is 19.0. The molecule has 0 atom stereocenters. The van der Waals surface area contributed by atoms with Gasteiger partial charge < -0.3 is 19.1 Å². The molecule has 1 aliphatic heterocycles. The number of fused-ring (bicyclic) bond motifs is 1. The summed E-state index contributed by atoms with van der Waals surface area (Å²) in [4.78, 5) is 31.7. The summed E-state index contributed by atoms with van der Waals surface area (Å²) in [6.07, 6.45) is 2.14. The van der Waals surface area contributed by atoms with Crippen LogP contribution in [0, 0.1) is 0 Å². The lowest BCUT2D eigenvalue weighted by molar-refractivity contribution is -0.132. The Morgan fingerprint density at radius 1 is 1.03 bits per heavy atom. The van der Waals surface area contributed by atoms with E-state index in [1.54, 1.807) is 19.1 Å². The Kier molecular flexibility index (Phi) is 6.63. The van der Waals surface area contributed by atoms with Crippen LogP contribution >= 0.6 is 0 Å². The average Bonchev–Trinajstić information content (AvgIpc) is 2.84. The molecule has 2 heterocycles. The van der Waals surface area contributed by atoms with Gasteiger partial charge in [0.25, 0.3) is 5.56 Å². The van der Waals surface area contributed by atoms with E-state index in [4.69, 9.17) is 14.2 Å². The number of carbonyl (C=O) groups excluding carboxylic acids is 1. The van der Waals surface area contributed by atoms with Crippen molar-refractivity contribution in [2.75, 3.05) is 27.4 Å². The van der Waals surface area contributed by atoms with Crippen molar-refractivity contribution in [2.24, 2.45) is 0 Å². The highest BCUT2D eigenvalue weighted by Crippen LogP contribution is 2.33. The molecular formula is C25H27N3O5. The highest BCUT2D eigenvalue weighted by atomic mass is 16.5. The van der Waals surface area contributed by atoms with Crippen LogP contribution in [0.15, 0.2) is 53.6 Å². The lowest BCUT2D eigenvalue weighted by atomic mass is 9.98. The number of methoxy groups -OCH3 is 2. The molecule has 0 fully saturated rings. The molecule has 0 radical (unpaired) electrons. The quantitative estimate of drug-likeness (QED) is 0.552. The van der Waals surface area contributed by atoms with Gasteiger partial charge in [-0.3, -0.25) is 14.2 Å². The van der Waals surface area contributed by atoms with Crippen LogP contribution in [0.2, 0.25) is 0 Å². The summed E-state index contributed by atoms with van der Waals surface area (Å²) in [5, 5.41) is 0. The number of nitrogens with zero attached hydrogens (tertiary/aromatic N) is 3. The molecule has 0 unspecified atom stereocenters. The molecule has 1 aromatic heterocycles. The van der Waals surface area contributed by atoms with Crippen LogP contribution in [-0.4, -0.2) is 47.7 Å². The van der Waals surface area contributed by atoms with Crippen molar-refractivity contribution in [2.45, 2.75) is 26.4 Å². The van der Waals surface area contributed by atoms with Gasteiger partial charge in [0, 0.05) is 24.7 Å². The molecule has 3 aromatic rings. The summed E-state index contributed by atoms with van der Waals surface area (Å²) >= 11 is 0. The number of hydrogen-bond acceptors (Lipinski definition) is 6. The van der Waals surface area contributed by atoms with Crippen LogP contribution < -0.4 is 19.8 Å². The van der Waals surface area contributed by atoms with Crippen LogP contribution in [0.5, 0.6) is 17.2 Å². The Balaban J connectivity index is 1.46. The van der Waals surface area contributed by atoms with E-state index >= 15 is 0 Å². The van der Waals surface area contributed by atoms with Gasteiger partial charge in [0.15, 0.2) is 11.5 Å². The number of benzene rings is 2. The number of hydrogen-bond donors (Lipinski definition) is 0. The smallest absolute Gasteiger partial charge is 0.254 e. The normalized spacial score (nSPS) is 12.8. The van der Waals surface area contributed by atoms with E-state index in [-0.39, 0.29) is 18.0 Å². The van der Waals surface area contributed by atoms with Gasteiger partial charge in [0.05, 0.1) is 32.8 Å². The van der Waals surface area contributed by atoms with E-state index < -0.39 is 0 Å². The van der Waals surface area contributed by atoms with E-state index in [2.05, 4.69) is 4.98 Å². The third kappa shape index (κ3) is 4.84. The largest absolute Gasteiger partial charge is 0.494 e. The summed E-state index contributed by atoms with van der Waals surface area (Å²) in [7, 11) is 3.20. The van der Waals surface area contributed by atoms with Crippen molar-refractivity contribution in [1.29, 1.82) is 0 Å². The highest BCUT2D eigenvalue weighted by Gasteiger charge is 2.23. The van der Waals surface area contributed by atoms with Crippen LogP contribution in [0.25, 0.3) is 11.3 Å². The van der Waals surface area contributed by atoms with Crippen molar-refractivity contribution in [1.82, 2.24) is 14.5 Å². The van der Waals surface area contributed by atoms with Gasteiger partial charge in [-0.1, -0.05) is 0 Å². The van der Waals surface area contributed by atoms with E-state index in [1.165, 1.54) is 17.0 Å². The molecule has 4 rings (SSSR count). The molecule has 0 spiro atoms. The Morgan fingerprint density at radius 3 is 2.36 bits per heavy atom. The molecule has 8 heteroatoms. The van der Waals surface area contributed by atoms with Crippen molar-refractivity contribution >= 4 is 5.91 Å². The summed E-state index contributed by atoms with van der Waals surface area (Å²) in [5.74, 6) is 1.95. The highest BCUT2D eigenvalue weighted by molar-refractivity contribution is 5.76. The zero-order chi connectivity index (χ0) is 23.4. The SMILES string of the molecule is CCOc1ccc(-c2cc(=O)n(CC(=O)N3CCc4cc(OC)c(OC)cc4C3)cn2)cc1. The monoisotopic (exact) mass is 449 g/mol. The Bertz CT molecular complexity index is 1200. The molecule has 2 aromatic carbocycles. The van der Waals surface area contributed by atoms with Crippen LogP contribution in [-0.2, 0) is 24.3 Å². The molecule has 0 saturated heterocycles. The fourth-order valence-electron chi connectivity index (χ4n) is 3.93. The molecule has 1 amide bonds. The first kappa shape index (κ1) is 22.4. The topological polar surface area (TPSA) is 82.9 Å². The third-order valence-electron chi connectivity index (χ3n) is 5.72. The predicted octanol–water partition coefficient (Wildman–Crippen LogP) is 2.91. The Hall–Kier alpha value is -3.81. The molecule has 33 heavy (non-hydrogen) atoms. The average molecular weight is 450 g/mol. The van der Waals surface area contributed by atoms with Gasteiger partial charge >= 0.3 is 0 Å². The molecular weight excluding hydrogens is 422 g/mol. The maximum Gasteiger partial charge on any atom is 0.254 e. The van der Waals surface area contributed by atoms with Gasteiger partial charge in [0.1, 0.15) is 12.3 Å². The van der Waals surface area contributed by atoms with Gasteiger partial charge in [-0.05, 0) is 60.9 Å². The second-order valence-electron chi connectivity index (χ2n) is 7.74. The van der Waals surface area contributed by atoms with E-state index in [0.717, 1.165) is 22.4 Å². The maximum atomic E-state index is 12.9. The van der Waals surface area contributed by atoms with Crippen molar-refractivity contribution in [3.05, 3.63) is 70.3 Å². The summed E-state index contributed by atoms with van der Waals surface area (Å²) in [6.45, 7) is 3.49. The molecule has 0 saturated carbocycles. The predicted molar refractivity (Wildman–Crippen MR) is 124 cm³/mol. The fraction of sp³-hybridized carbons (Fsp3) is 0.320. The lowest BCUT2D eigenvalue weighted by Crippen LogP contribution is -2.39.